The van der Waals surface area contributed by atoms with Crippen molar-refractivity contribution in [2.24, 2.45) is 0 Å². The Balaban J connectivity index is 0.000000151. The van der Waals surface area contributed by atoms with Crippen LogP contribution in [0, 0.1) is 0 Å². The third-order valence-corrected chi connectivity index (χ3v) is 7.01. The van der Waals surface area contributed by atoms with E-state index in [1.54, 1.807) is 36.9 Å². The number of carbonyl (C=O) groups excluding carboxylic acids is 1. The highest BCUT2D eigenvalue weighted by atomic mass is 16.4. The molecule has 0 spiro atoms. The topological polar surface area (TPSA) is 175 Å². The van der Waals surface area contributed by atoms with Crippen molar-refractivity contribution in [2.45, 2.75) is 38.5 Å². The largest absolute Gasteiger partial charge is 0.478 e. The van der Waals surface area contributed by atoms with E-state index in [9.17, 15) is 14.7 Å². The average Bonchev–Trinajstić information content (AvgIpc) is 3.49. The molecule has 0 fully saturated rings. The van der Waals surface area contributed by atoms with Crippen LogP contribution in [0.1, 0.15) is 56.1 Å². The Hall–Kier alpha value is -5.26. The third-order valence-electron chi connectivity index (χ3n) is 7.01. The molecule has 0 radical (unpaired) electrons. The molecule has 0 aromatic carbocycles. The molecular formula is C28H25N9O3. The molecule has 7 rings (SSSR count). The number of carbonyl (C=O) groups is 2. The van der Waals surface area contributed by atoms with Crippen molar-refractivity contribution < 1.29 is 14.7 Å². The summed E-state index contributed by atoms with van der Waals surface area (Å²) in [6.45, 7) is 0. The lowest BCUT2D eigenvalue weighted by atomic mass is 10.0. The van der Waals surface area contributed by atoms with E-state index in [4.69, 9.17) is 0 Å². The van der Waals surface area contributed by atoms with Crippen LogP contribution in [0.4, 0.5) is 5.82 Å². The van der Waals surface area contributed by atoms with Gasteiger partial charge < -0.3 is 20.4 Å². The zero-order valence-corrected chi connectivity index (χ0v) is 21.4. The summed E-state index contributed by atoms with van der Waals surface area (Å²) in [6.07, 6.45) is 16.9. The number of aromatic nitrogens is 8. The van der Waals surface area contributed by atoms with Crippen LogP contribution in [-0.4, -0.2) is 57.1 Å². The van der Waals surface area contributed by atoms with Gasteiger partial charge in [0.2, 0.25) is 0 Å². The van der Waals surface area contributed by atoms with E-state index < -0.39 is 5.97 Å². The maximum atomic E-state index is 12.6. The smallest absolute Gasteiger partial charge is 0.337 e. The third kappa shape index (κ3) is 4.82. The SMILES string of the molecule is O=C(Nc1cccnn1)c1c[nH]c2c1-c1ncncc1CCC2.O=C(O)c1c[nH]c2c1-c1ncncc1CCC2. The standard InChI is InChI=1S/C16H14N6O.C12H11N3O2/c23-16(21-13-5-2-6-20-22-13)11-8-18-12-4-1-3-10-7-17-9-19-15(10)14(11)12;16-12(17)8-5-14-9-3-1-2-7-4-13-6-15-11(7)10(8)9/h2,5-9,18H,1,3-4H2,(H,21,22,23);4-6,14H,1-3H2,(H,16,17). The molecule has 0 bridgehead atoms. The molecule has 0 saturated carbocycles. The van der Waals surface area contributed by atoms with E-state index in [-0.39, 0.29) is 5.91 Å². The molecular weight excluding hydrogens is 510 g/mol. The number of hydrogen-bond acceptors (Lipinski definition) is 8. The summed E-state index contributed by atoms with van der Waals surface area (Å²) in [7, 11) is 0. The summed E-state index contributed by atoms with van der Waals surface area (Å²) in [4.78, 5) is 46.8. The number of nitrogens with one attached hydrogen (secondary N) is 3. The van der Waals surface area contributed by atoms with Gasteiger partial charge in [0.05, 0.1) is 22.5 Å². The molecule has 5 aromatic rings. The fourth-order valence-corrected chi connectivity index (χ4v) is 5.21. The van der Waals surface area contributed by atoms with Crippen LogP contribution in [0.15, 0.2) is 55.8 Å². The fourth-order valence-electron chi connectivity index (χ4n) is 5.21. The molecule has 200 valence electrons. The van der Waals surface area contributed by atoms with Gasteiger partial charge in [0, 0.05) is 53.5 Å². The lowest BCUT2D eigenvalue weighted by molar-refractivity contribution is 0.0697. The number of H-pyrrole nitrogens is 2. The molecule has 0 saturated heterocycles. The van der Waals surface area contributed by atoms with Gasteiger partial charge in [0.25, 0.3) is 5.91 Å². The number of carboxylic acid groups (broad SMARTS) is 1. The van der Waals surface area contributed by atoms with Gasteiger partial charge in [-0.2, -0.15) is 5.10 Å². The summed E-state index contributed by atoms with van der Waals surface area (Å²) in [5, 5.41) is 19.6. The van der Waals surface area contributed by atoms with Gasteiger partial charge >= 0.3 is 5.97 Å². The molecule has 1 amide bonds. The van der Waals surface area contributed by atoms with Gasteiger partial charge in [-0.05, 0) is 61.8 Å². The summed E-state index contributed by atoms with van der Waals surface area (Å²) in [5.41, 5.74) is 8.12. The van der Waals surface area contributed by atoms with E-state index in [0.717, 1.165) is 83.6 Å². The van der Waals surface area contributed by atoms with Crippen molar-refractivity contribution in [1.82, 2.24) is 40.1 Å². The predicted octanol–water partition coefficient (Wildman–Crippen LogP) is 3.66. The maximum Gasteiger partial charge on any atom is 0.337 e. The highest BCUT2D eigenvalue weighted by molar-refractivity contribution is 6.08. The maximum absolute atomic E-state index is 12.6. The summed E-state index contributed by atoms with van der Waals surface area (Å²) >= 11 is 0. The number of aryl methyl sites for hydroxylation is 4. The number of rotatable bonds is 3. The van der Waals surface area contributed by atoms with E-state index in [1.165, 1.54) is 12.7 Å². The van der Waals surface area contributed by atoms with Gasteiger partial charge in [0.15, 0.2) is 5.82 Å². The van der Waals surface area contributed by atoms with Crippen molar-refractivity contribution in [3.63, 3.8) is 0 Å². The molecule has 5 heterocycles. The Labute approximate surface area is 228 Å². The first-order valence-electron chi connectivity index (χ1n) is 12.9. The number of amides is 1. The Bertz CT molecular complexity index is 1690. The first-order chi connectivity index (χ1) is 19.6. The second-order valence-corrected chi connectivity index (χ2v) is 9.48. The normalized spacial score (nSPS) is 13.2. The van der Waals surface area contributed by atoms with Gasteiger partial charge in [-0.25, -0.2) is 24.7 Å². The number of aromatic amines is 2. The number of carboxylic acids is 1. The van der Waals surface area contributed by atoms with Crippen LogP contribution >= 0.6 is 0 Å². The monoisotopic (exact) mass is 535 g/mol. The second kappa shape index (κ2) is 10.8. The van der Waals surface area contributed by atoms with Crippen molar-refractivity contribution in [2.75, 3.05) is 5.32 Å². The minimum Gasteiger partial charge on any atom is -0.478 e. The molecule has 0 unspecified atom stereocenters. The second-order valence-electron chi connectivity index (χ2n) is 9.48. The molecule has 5 aromatic heterocycles. The fraction of sp³-hybridized carbons (Fsp3) is 0.214. The Kier molecular flexibility index (Phi) is 6.79. The molecule has 2 aliphatic rings. The number of nitrogens with zero attached hydrogens (tertiary/aromatic N) is 6. The lowest BCUT2D eigenvalue weighted by Crippen LogP contribution is -2.14. The van der Waals surface area contributed by atoms with Crippen molar-refractivity contribution in [3.8, 4) is 22.5 Å². The van der Waals surface area contributed by atoms with Crippen molar-refractivity contribution in [3.05, 3.63) is 89.4 Å². The predicted molar refractivity (Wildman–Crippen MR) is 145 cm³/mol. The van der Waals surface area contributed by atoms with Crippen LogP contribution in [0.3, 0.4) is 0 Å². The first kappa shape index (κ1) is 25.0. The Morgan fingerprint density at radius 2 is 1.43 bits per heavy atom. The molecule has 4 N–H and O–H groups in total. The average molecular weight is 536 g/mol. The van der Waals surface area contributed by atoms with Gasteiger partial charge in [-0.1, -0.05) is 0 Å². The zero-order chi connectivity index (χ0) is 27.5. The van der Waals surface area contributed by atoms with Crippen LogP contribution in [0.5, 0.6) is 0 Å². The number of aromatic carboxylic acids is 1. The molecule has 12 nitrogen and oxygen atoms in total. The number of fused-ring (bicyclic) bond motifs is 6. The quantitative estimate of drug-likeness (QED) is 0.269. The molecule has 40 heavy (non-hydrogen) atoms. The Morgan fingerprint density at radius 3 is 2.00 bits per heavy atom. The van der Waals surface area contributed by atoms with Gasteiger partial charge in [-0.15, -0.1) is 5.10 Å². The number of hydrogen-bond donors (Lipinski definition) is 4. The molecule has 12 heteroatoms. The minimum absolute atomic E-state index is 0.227. The number of anilines is 1. The Morgan fingerprint density at radius 1 is 0.825 bits per heavy atom. The van der Waals surface area contributed by atoms with Crippen LogP contribution in [-0.2, 0) is 25.7 Å². The molecule has 0 atom stereocenters. The van der Waals surface area contributed by atoms with E-state index in [2.05, 4.69) is 45.4 Å². The van der Waals surface area contributed by atoms with Crippen LogP contribution in [0.25, 0.3) is 22.5 Å². The van der Waals surface area contributed by atoms with E-state index in [1.807, 2.05) is 6.20 Å². The van der Waals surface area contributed by atoms with Crippen molar-refractivity contribution in [1.29, 1.82) is 0 Å². The lowest BCUT2D eigenvalue weighted by Gasteiger charge is -2.07. The molecule has 2 aliphatic carbocycles. The zero-order valence-electron chi connectivity index (χ0n) is 21.4. The highest BCUT2D eigenvalue weighted by Gasteiger charge is 2.25. The first-order valence-corrected chi connectivity index (χ1v) is 12.9. The van der Waals surface area contributed by atoms with E-state index >= 15 is 0 Å². The molecule has 0 aliphatic heterocycles. The minimum atomic E-state index is -0.922. The van der Waals surface area contributed by atoms with Crippen LogP contribution < -0.4 is 5.32 Å². The van der Waals surface area contributed by atoms with Gasteiger partial charge in [-0.3, -0.25) is 4.79 Å². The van der Waals surface area contributed by atoms with E-state index in [0.29, 0.717) is 16.9 Å². The van der Waals surface area contributed by atoms with Crippen molar-refractivity contribution >= 4 is 17.7 Å². The summed E-state index contributed by atoms with van der Waals surface area (Å²) < 4.78 is 0. The highest BCUT2D eigenvalue weighted by Crippen LogP contribution is 2.34. The summed E-state index contributed by atoms with van der Waals surface area (Å²) in [5.74, 6) is -0.729. The summed E-state index contributed by atoms with van der Waals surface area (Å²) in [6, 6.07) is 3.43. The van der Waals surface area contributed by atoms with Crippen LogP contribution in [0.2, 0.25) is 0 Å². The van der Waals surface area contributed by atoms with Gasteiger partial charge in [0.1, 0.15) is 12.7 Å².